The number of hydrogen-bond acceptors (Lipinski definition) is 3. The molecule has 0 unspecified atom stereocenters. The third-order valence-corrected chi connectivity index (χ3v) is 2.77. The van der Waals surface area contributed by atoms with Crippen LogP contribution in [-0.2, 0) is 4.74 Å². The predicted octanol–water partition coefficient (Wildman–Crippen LogP) is -0.180. The molecule has 0 spiro atoms. The molecule has 1 heterocycles. The summed E-state index contributed by atoms with van der Waals surface area (Å²) in [6, 6.07) is -0.875. The minimum absolute atomic E-state index is 0.0914. The van der Waals surface area contributed by atoms with Crippen LogP contribution in [0, 0.1) is 0 Å². The Bertz CT molecular complexity index is 295. The Morgan fingerprint density at radius 3 is 2.40 bits per heavy atom. The molecule has 1 saturated heterocycles. The number of rotatable bonds is 2. The molecule has 1 saturated carbocycles. The van der Waals surface area contributed by atoms with Crippen LogP contribution in [0.1, 0.15) is 12.8 Å². The van der Waals surface area contributed by atoms with Crippen LogP contribution >= 0.6 is 0 Å². The molecular weight excluding hydrogens is 204 g/mol. The lowest BCUT2D eigenvalue weighted by atomic mass is 9.90. The standard InChI is InChI=1S/C8H12N2O5/c11-7(12)9-3-1-2-4-6(15-4)5(3)10-8(13)14/h3-6,9-10H,1-2H2,(H,11,12)(H,13,14)/t3-,4-,5+,6-/m0/s1. The maximum Gasteiger partial charge on any atom is 0.405 e. The van der Waals surface area contributed by atoms with Gasteiger partial charge >= 0.3 is 12.2 Å². The number of ether oxygens (including phenoxy) is 1. The molecule has 1 aliphatic carbocycles. The molecule has 0 radical (unpaired) electrons. The van der Waals surface area contributed by atoms with Gasteiger partial charge in [-0.15, -0.1) is 0 Å². The van der Waals surface area contributed by atoms with E-state index in [2.05, 4.69) is 10.6 Å². The van der Waals surface area contributed by atoms with E-state index in [0.29, 0.717) is 6.42 Å². The molecule has 2 rings (SSSR count). The number of epoxide rings is 1. The van der Waals surface area contributed by atoms with Crippen LogP contribution < -0.4 is 10.6 Å². The minimum atomic E-state index is -1.16. The fourth-order valence-corrected chi connectivity index (χ4v) is 2.10. The minimum Gasteiger partial charge on any atom is -0.465 e. The van der Waals surface area contributed by atoms with E-state index >= 15 is 0 Å². The van der Waals surface area contributed by atoms with Gasteiger partial charge in [-0.05, 0) is 12.8 Å². The zero-order valence-electron chi connectivity index (χ0n) is 7.84. The van der Waals surface area contributed by atoms with E-state index in [-0.39, 0.29) is 12.2 Å². The van der Waals surface area contributed by atoms with Gasteiger partial charge in [0.25, 0.3) is 0 Å². The first kappa shape index (κ1) is 10.0. The second-order valence-electron chi connectivity index (χ2n) is 3.75. The molecule has 7 nitrogen and oxygen atoms in total. The maximum atomic E-state index is 10.5. The highest BCUT2D eigenvalue weighted by Gasteiger charge is 2.52. The van der Waals surface area contributed by atoms with Crippen molar-refractivity contribution in [3.8, 4) is 0 Å². The monoisotopic (exact) mass is 216 g/mol. The number of fused-ring (bicyclic) bond motifs is 1. The molecule has 2 fully saturated rings. The summed E-state index contributed by atoms with van der Waals surface area (Å²) in [6.07, 6.45) is -1.02. The summed E-state index contributed by atoms with van der Waals surface area (Å²) in [5.74, 6) is 0. The van der Waals surface area contributed by atoms with Crippen molar-refractivity contribution >= 4 is 12.2 Å². The third-order valence-electron chi connectivity index (χ3n) is 2.77. The Morgan fingerprint density at radius 1 is 1.13 bits per heavy atom. The zero-order valence-corrected chi connectivity index (χ0v) is 7.84. The summed E-state index contributed by atoms with van der Waals surface area (Å²) in [6.45, 7) is 0. The van der Waals surface area contributed by atoms with Gasteiger partial charge in [-0.2, -0.15) is 0 Å². The largest absolute Gasteiger partial charge is 0.465 e. The highest BCUT2D eigenvalue weighted by atomic mass is 16.6. The average Bonchev–Trinajstić information content (AvgIpc) is 2.86. The second-order valence-corrected chi connectivity index (χ2v) is 3.75. The molecule has 15 heavy (non-hydrogen) atoms. The van der Waals surface area contributed by atoms with Gasteiger partial charge in [-0.3, -0.25) is 0 Å². The molecule has 2 amide bonds. The van der Waals surface area contributed by atoms with Crippen molar-refractivity contribution in [1.29, 1.82) is 0 Å². The molecule has 2 aliphatic rings. The van der Waals surface area contributed by atoms with Gasteiger partial charge in [-0.25, -0.2) is 9.59 Å². The molecule has 0 aromatic rings. The van der Waals surface area contributed by atoms with Crippen LogP contribution in [0.4, 0.5) is 9.59 Å². The highest BCUT2D eigenvalue weighted by Crippen LogP contribution is 2.36. The zero-order chi connectivity index (χ0) is 11.0. The summed E-state index contributed by atoms with van der Waals surface area (Å²) >= 11 is 0. The average molecular weight is 216 g/mol. The Hall–Kier alpha value is -1.50. The molecule has 7 heteroatoms. The fourth-order valence-electron chi connectivity index (χ4n) is 2.10. The van der Waals surface area contributed by atoms with E-state index in [4.69, 9.17) is 14.9 Å². The topological polar surface area (TPSA) is 111 Å². The quantitative estimate of drug-likeness (QED) is 0.478. The Labute approximate surface area is 85.4 Å². The van der Waals surface area contributed by atoms with Gasteiger partial charge in [-0.1, -0.05) is 0 Å². The van der Waals surface area contributed by atoms with Crippen LogP contribution in [0.25, 0.3) is 0 Å². The first-order chi connectivity index (χ1) is 7.08. The number of carbonyl (C=O) groups is 2. The van der Waals surface area contributed by atoms with E-state index in [1.807, 2.05) is 0 Å². The molecule has 1 aliphatic heterocycles. The fraction of sp³-hybridized carbons (Fsp3) is 0.750. The number of amides is 2. The molecule has 4 N–H and O–H groups in total. The van der Waals surface area contributed by atoms with Crippen molar-refractivity contribution < 1.29 is 24.5 Å². The summed E-state index contributed by atoms with van der Waals surface area (Å²) < 4.78 is 5.24. The van der Waals surface area contributed by atoms with E-state index in [9.17, 15) is 9.59 Å². The first-order valence-electron chi connectivity index (χ1n) is 4.72. The lowest BCUT2D eigenvalue weighted by Gasteiger charge is -2.28. The maximum absolute atomic E-state index is 10.5. The smallest absolute Gasteiger partial charge is 0.405 e. The normalized spacial score (nSPS) is 37.6. The van der Waals surface area contributed by atoms with Crippen molar-refractivity contribution in [2.45, 2.75) is 37.1 Å². The third kappa shape index (κ3) is 2.12. The van der Waals surface area contributed by atoms with E-state index in [0.717, 1.165) is 6.42 Å². The van der Waals surface area contributed by atoms with Gasteiger partial charge in [0.05, 0.1) is 18.2 Å². The van der Waals surface area contributed by atoms with Crippen molar-refractivity contribution in [1.82, 2.24) is 10.6 Å². The van der Waals surface area contributed by atoms with Gasteiger partial charge in [0.1, 0.15) is 6.10 Å². The van der Waals surface area contributed by atoms with E-state index < -0.39 is 24.3 Å². The Kier molecular flexibility index (Phi) is 2.39. The summed E-state index contributed by atoms with van der Waals surface area (Å²) in [5, 5.41) is 21.8. The van der Waals surface area contributed by atoms with Crippen molar-refractivity contribution in [3.63, 3.8) is 0 Å². The van der Waals surface area contributed by atoms with Gasteiger partial charge in [0.15, 0.2) is 0 Å². The molecule has 0 aromatic carbocycles. The lowest BCUT2D eigenvalue weighted by Crippen LogP contribution is -2.56. The Balaban J connectivity index is 1.99. The number of nitrogens with one attached hydrogen (secondary N) is 2. The van der Waals surface area contributed by atoms with Gasteiger partial charge < -0.3 is 25.6 Å². The molecule has 4 atom stereocenters. The SMILES string of the molecule is O=C(O)N[C@H]1[C@H]2O[C@H]2CC[C@@H]1NC(=O)O. The lowest BCUT2D eigenvalue weighted by molar-refractivity contribution is 0.168. The van der Waals surface area contributed by atoms with Crippen LogP contribution in [-0.4, -0.2) is 46.7 Å². The number of hydrogen-bond donors (Lipinski definition) is 4. The van der Waals surface area contributed by atoms with Crippen molar-refractivity contribution in [2.75, 3.05) is 0 Å². The molecule has 0 aromatic heterocycles. The van der Waals surface area contributed by atoms with Crippen LogP contribution in [0.15, 0.2) is 0 Å². The summed E-state index contributed by atoms with van der Waals surface area (Å²) in [7, 11) is 0. The first-order valence-corrected chi connectivity index (χ1v) is 4.72. The van der Waals surface area contributed by atoms with Crippen LogP contribution in [0.5, 0.6) is 0 Å². The van der Waals surface area contributed by atoms with Crippen LogP contribution in [0.2, 0.25) is 0 Å². The number of carboxylic acid groups (broad SMARTS) is 2. The molecule has 0 bridgehead atoms. The van der Waals surface area contributed by atoms with Gasteiger partial charge in [0.2, 0.25) is 0 Å². The van der Waals surface area contributed by atoms with E-state index in [1.54, 1.807) is 0 Å². The van der Waals surface area contributed by atoms with Crippen molar-refractivity contribution in [3.05, 3.63) is 0 Å². The molecule has 84 valence electrons. The Morgan fingerprint density at radius 2 is 1.80 bits per heavy atom. The van der Waals surface area contributed by atoms with Crippen LogP contribution in [0.3, 0.4) is 0 Å². The van der Waals surface area contributed by atoms with Gasteiger partial charge in [0, 0.05) is 0 Å². The van der Waals surface area contributed by atoms with Crippen molar-refractivity contribution in [2.24, 2.45) is 0 Å². The predicted molar refractivity (Wildman–Crippen MR) is 47.8 cm³/mol. The van der Waals surface area contributed by atoms with E-state index in [1.165, 1.54) is 0 Å². The highest BCUT2D eigenvalue weighted by molar-refractivity contribution is 5.67. The summed E-state index contributed by atoms with van der Waals surface area (Å²) in [5.41, 5.74) is 0. The molecular formula is C8H12N2O5. The second kappa shape index (κ2) is 3.58. The summed E-state index contributed by atoms with van der Waals surface area (Å²) in [4.78, 5) is 21.0.